The molecule has 1 aliphatic carbocycles. The van der Waals surface area contributed by atoms with Crippen LogP contribution >= 0.6 is 0 Å². The molecule has 114 valence electrons. The zero-order chi connectivity index (χ0) is 15.3. The van der Waals surface area contributed by atoms with Gasteiger partial charge in [-0.1, -0.05) is 31.9 Å². The summed E-state index contributed by atoms with van der Waals surface area (Å²) in [6, 6.07) is 6.81. The second-order valence-electron chi connectivity index (χ2n) is 6.01. The highest BCUT2D eigenvalue weighted by atomic mass is 16.2. The highest BCUT2D eigenvalue weighted by molar-refractivity contribution is 5.96. The smallest absolute Gasteiger partial charge is 0.319 e. The van der Waals surface area contributed by atoms with Crippen LogP contribution in [-0.4, -0.2) is 18.4 Å². The highest BCUT2D eigenvalue weighted by Crippen LogP contribution is 2.40. The standard InChI is InChI=1S/C17H24N2O2/c1-3-17(9-4-5-10-17)12-18-16(21)19-15-8-6-7-14(11-15)13(2)20/h6-8,11H,3-5,9-10,12H2,1-2H3,(H2,18,19,21). The van der Waals surface area contributed by atoms with Crippen LogP contribution in [0, 0.1) is 5.41 Å². The molecule has 0 aromatic heterocycles. The SMILES string of the molecule is CCC1(CNC(=O)Nc2cccc(C(C)=O)c2)CCCC1. The number of hydrogen-bond acceptors (Lipinski definition) is 2. The maximum absolute atomic E-state index is 12.0. The van der Waals surface area contributed by atoms with E-state index in [0.29, 0.717) is 11.3 Å². The van der Waals surface area contributed by atoms with Crippen molar-refractivity contribution in [3.8, 4) is 0 Å². The molecule has 1 aromatic carbocycles. The minimum absolute atomic E-state index is 0.00468. The molecule has 2 amide bonds. The van der Waals surface area contributed by atoms with Gasteiger partial charge in [0.1, 0.15) is 0 Å². The Balaban J connectivity index is 1.90. The van der Waals surface area contributed by atoms with Gasteiger partial charge in [0.25, 0.3) is 0 Å². The van der Waals surface area contributed by atoms with E-state index in [4.69, 9.17) is 0 Å². The van der Waals surface area contributed by atoms with Crippen LogP contribution in [0.1, 0.15) is 56.3 Å². The molecule has 1 aliphatic rings. The maximum Gasteiger partial charge on any atom is 0.319 e. The molecule has 0 unspecified atom stereocenters. The zero-order valence-electron chi connectivity index (χ0n) is 12.9. The number of benzene rings is 1. The van der Waals surface area contributed by atoms with Crippen molar-refractivity contribution in [2.45, 2.75) is 46.0 Å². The van der Waals surface area contributed by atoms with Crippen molar-refractivity contribution < 1.29 is 9.59 Å². The van der Waals surface area contributed by atoms with Gasteiger partial charge in [0.2, 0.25) is 0 Å². The van der Waals surface area contributed by atoms with Crippen molar-refractivity contribution in [3.05, 3.63) is 29.8 Å². The second-order valence-corrected chi connectivity index (χ2v) is 6.01. The van der Waals surface area contributed by atoms with Gasteiger partial charge in [-0.2, -0.15) is 0 Å². The minimum Gasteiger partial charge on any atom is -0.337 e. The normalized spacial score (nSPS) is 16.5. The third-order valence-corrected chi connectivity index (χ3v) is 4.57. The summed E-state index contributed by atoms with van der Waals surface area (Å²) in [5, 5.41) is 5.78. The topological polar surface area (TPSA) is 58.2 Å². The minimum atomic E-state index is -0.199. The zero-order valence-corrected chi connectivity index (χ0v) is 12.9. The number of anilines is 1. The Morgan fingerprint density at radius 1 is 1.24 bits per heavy atom. The molecule has 0 saturated heterocycles. The van der Waals surface area contributed by atoms with Crippen LogP contribution in [0.5, 0.6) is 0 Å². The maximum atomic E-state index is 12.0. The van der Waals surface area contributed by atoms with Crippen molar-refractivity contribution in [1.82, 2.24) is 5.32 Å². The molecule has 0 heterocycles. The summed E-state index contributed by atoms with van der Waals surface area (Å²) < 4.78 is 0. The van der Waals surface area contributed by atoms with E-state index in [1.54, 1.807) is 24.3 Å². The average Bonchev–Trinajstić information content (AvgIpc) is 2.95. The van der Waals surface area contributed by atoms with Crippen molar-refractivity contribution in [1.29, 1.82) is 0 Å². The Morgan fingerprint density at radius 2 is 1.95 bits per heavy atom. The van der Waals surface area contributed by atoms with Crippen molar-refractivity contribution in [2.24, 2.45) is 5.41 Å². The van der Waals surface area contributed by atoms with E-state index in [0.717, 1.165) is 13.0 Å². The van der Waals surface area contributed by atoms with Crippen LogP contribution in [-0.2, 0) is 0 Å². The van der Waals surface area contributed by atoms with E-state index in [9.17, 15) is 9.59 Å². The molecule has 4 nitrogen and oxygen atoms in total. The fourth-order valence-electron chi connectivity index (χ4n) is 3.04. The van der Waals surface area contributed by atoms with Crippen molar-refractivity contribution in [3.63, 3.8) is 0 Å². The summed E-state index contributed by atoms with van der Waals surface area (Å²) in [6.07, 6.45) is 6.02. The largest absolute Gasteiger partial charge is 0.337 e. The number of hydrogen-bond donors (Lipinski definition) is 2. The molecule has 0 spiro atoms. The van der Waals surface area contributed by atoms with Crippen LogP contribution in [0.3, 0.4) is 0 Å². The molecule has 4 heteroatoms. The molecule has 1 fully saturated rings. The first-order valence-electron chi connectivity index (χ1n) is 7.70. The Hall–Kier alpha value is -1.84. The average molecular weight is 288 g/mol. The Bertz CT molecular complexity index is 519. The number of amides is 2. The monoisotopic (exact) mass is 288 g/mol. The quantitative estimate of drug-likeness (QED) is 0.805. The predicted molar refractivity (Wildman–Crippen MR) is 84.7 cm³/mol. The second kappa shape index (κ2) is 6.74. The summed E-state index contributed by atoms with van der Waals surface area (Å²) >= 11 is 0. The van der Waals surface area contributed by atoms with E-state index in [2.05, 4.69) is 17.6 Å². The van der Waals surface area contributed by atoms with Crippen LogP contribution in [0.25, 0.3) is 0 Å². The van der Waals surface area contributed by atoms with Gasteiger partial charge in [-0.25, -0.2) is 4.79 Å². The fourth-order valence-corrected chi connectivity index (χ4v) is 3.04. The summed E-state index contributed by atoms with van der Waals surface area (Å²) in [7, 11) is 0. The van der Waals surface area contributed by atoms with Gasteiger partial charge in [-0.15, -0.1) is 0 Å². The van der Waals surface area contributed by atoms with Gasteiger partial charge in [0, 0.05) is 17.8 Å². The Kier molecular flexibility index (Phi) is 4.99. The number of urea groups is 1. The third-order valence-electron chi connectivity index (χ3n) is 4.57. The first kappa shape index (κ1) is 15.5. The van der Waals surface area contributed by atoms with Gasteiger partial charge < -0.3 is 10.6 Å². The molecule has 1 saturated carbocycles. The van der Waals surface area contributed by atoms with E-state index < -0.39 is 0 Å². The molecule has 2 rings (SSSR count). The molecule has 0 atom stereocenters. The summed E-state index contributed by atoms with van der Waals surface area (Å²) in [4.78, 5) is 23.3. The number of rotatable bonds is 5. The van der Waals surface area contributed by atoms with E-state index in [-0.39, 0.29) is 17.2 Å². The molecule has 2 N–H and O–H groups in total. The Morgan fingerprint density at radius 3 is 2.57 bits per heavy atom. The lowest BCUT2D eigenvalue weighted by Crippen LogP contribution is -2.38. The molecule has 0 aliphatic heterocycles. The number of ketones is 1. The number of nitrogens with one attached hydrogen (secondary N) is 2. The summed E-state index contributed by atoms with van der Waals surface area (Å²) in [5.41, 5.74) is 1.53. The highest BCUT2D eigenvalue weighted by Gasteiger charge is 2.32. The van der Waals surface area contributed by atoms with Crippen LogP contribution in [0.4, 0.5) is 10.5 Å². The van der Waals surface area contributed by atoms with Gasteiger partial charge in [0.15, 0.2) is 5.78 Å². The van der Waals surface area contributed by atoms with Crippen LogP contribution in [0.2, 0.25) is 0 Å². The fraction of sp³-hybridized carbons (Fsp3) is 0.529. The molecular weight excluding hydrogens is 264 g/mol. The van der Waals surface area contributed by atoms with E-state index >= 15 is 0 Å². The molecule has 0 bridgehead atoms. The molecule has 1 aromatic rings. The lowest BCUT2D eigenvalue weighted by atomic mass is 9.83. The number of Topliss-reactive ketones (excluding diaryl/α,β-unsaturated/α-hetero) is 1. The number of carbonyl (C=O) groups excluding carboxylic acids is 2. The lowest BCUT2D eigenvalue weighted by molar-refractivity contribution is 0.101. The van der Waals surface area contributed by atoms with Gasteiger partial charge in [0.05, 0.1) is 0 Å². The summed E-state index contributed by atoms with van der Waals surface area (Å²) in [6.45, 7) is 4.44. The van der Waals surface area contributed by atoms with E-state index in [1.807, 2.05) is 0 Å². The molecule has 21 heavy (non-hydrogen) atoms. The van der Waals surface area contributed by atoms with Crippen LogP contribution in [0.15, 0.2) is 24.3 Å². The van der Waals surface area contributed by atoms with Crippen molar-refractivity contribution in [2.75, 3.05) is 11.9 Å². The van der Waals surface area contributed by atoms with Gasteiger partial charge in [-0.05, 0) is 43.7 Å². The van der Waals surface area contributed by atoms with Gasteiger partial charge in [-0.3, -0.25) is 4.79 Å². The molecular formula is C17H24N2O2. The van der Waals surface area contributed by atoms with Gasteiger partial charge >= 0.3 is 6.03 Å². The van der Waals surface area contributed by atoms with Crippen LogP contribution < -0.4 is 10.6 Å². The first-order valence-corrected chi connectivity index (χ1v) is 7.70. The van der Waals surface area contributed by atoms with Crippen molar-refractivity contribution >= 4 is 17.5 Å². The number of carbonyl (C=O) groups is 2. The summed E-state index contributed by atoms with van der Waals surface area (Å²) in [5.74, 6) is -0.00468. The third kappa shape index (κ3) is 4.06. The Labute approximate surface area is 126 Å². The first-order chi connectivity index (χ1) is 10.0. The molecule has 0 radical (unpaired) electrons. The lowest BCUT2D eigenvalue weighted by Gasteiger charge is -2.27. The van der Waals surface area contributed by atoms with E-state index in [1.165, 1.54) is 32.6 Å². The predicted octanol–water partition coefficient (Wildman–Crippen LogP) is 3.98.